The largest absolute Gasteiger partial charge is 0.481 e. The number of carboxylic acids is 1. The predicted molar refractivity (Wildman–Crippen MR) is 125 cm³/mol. The SMILES string of the molecule is O=C(O)CC(c1ccc([N+](=O)[O-])cc1)c1cccc2c1CCN(Cc1ccc([N+](=O)[O-])cc1)C2. The van der Waals surface area contributed by atoms with Crippen molar-refractivity contribution < 1.29 is 19.7 Å². The second-order valence-corrected chi connectivity index (χ2v) is 8.37. The molecule has 0 amide bonds. The average Bonchev–Trinajstić information content (AvgIpc) is 2.82. The van der Waals surface area contributed by atoms with Crippen LogP contribution in [0.15, 0.2) is 66.7 Å². The molecule has 174 valence electrons. The molecule has 34 heavy (non-hydrogen) atoms. The van der Waals surface area contributed by atoms with Crippen molar-refractivity contribution in [1.29, 1.82) is 0 Å². The molecule has 9 nitrogen and oxygen atoms in total. The summed E-state index contributed by atoms with van der Waals surface area (Å²) in [5, 5.41) is 31.4. The van der Waals surface area contributed by atoms with Crippen molar-refractivity contribution >= 4 is 17.3 Å². The topological polar surface area (TPSA) is 127 Å². The Bertz CT molecular complexity index is 1220. The summed E-state index contributed by atoms with van der Waals surface area (Å²) in [4.78, 5) is 34.9. The van der Waals surface area contributed by atoms with Gasteiger partial charge < -0.3 is 5.11 Å². The normalized spacial score (nSPS) is 14.2. The van der Waals surface area contributed by atoms with Crippen molar-refractivity contribution in [2.24, 2.45) is 0 Å². The number of fused-ring (bicyclic) bond motifs is 1. The van der Waals surface area contributed by atoms with Gasteiger partial charge in [0.15, 0.2) is 0 Å². The molecule has 0 aromatic heterocycles. The van der Waals surface area contributed by atoms with Crippen LogP contribution in [0.5, 0.6) is 0 Å². The van der Waals surface area contributed by atoms with E-state index in [1.807, 2.05) is 18.2 Å². The van der Waals surface area contributed by atoms with Crippen LogP contribution < -0.4 is 0 Å². The number of hydrogen-bond acceptors (Lipinski definition) is 6. The van der Waals surface area contributed by atoms with Gasteiger partial charge in [0.05, 0.1) is 16.3 Å². The van der Waals surface area contributed by atoms with Gasteiger partial charge in [0.25, 0.3) is 11.4 Å². The van der Waals surface area contributed by atoms with Crippen molar-refractivity contribution in [3.05, 3.63) is 115 Å². The summed E-state index contributed by atoms with van der Waals surface area (Å²) in [6.07, 6.45) is 0.627. The van der Waals surface area contributed by atoms with Crippen LogP contribution in [0, 0.1) is 20.2 Å². The number of carbonyl (C=O) groups is 1. The molecular weight excluding hydrogens is 438 g/mol. The lowest BCUT2D eigenvalue weighted by molar-refractivity contribution is -0.385. The van der Waals surface area contributed by atoms with Crippen molar-refractivity contribution in [2.75, 3.05) is 6.54 Å². The van der Waals surface area contributed by atoms with Crippen LogP contribution in [0.3, 0.4) is 0 Å². The molecule has 0 bridgehead atoms. The van der Waals surface area contributed by atoms with E-state index in [0.717, 1.165) is 40.8 Å². The summed E-state index contributed by atoms with van der Waals surface area (Å²) in [5.41, 5.74) is 4.91. The zero-order valence-corrected chi connectivity index (χ0v) is 18.3. The highest BCUT2D eigenvalue weighted by molar-refractivity contribution is 5.69. The maximum atomic E-state index is 11.7. The summed E-state index contributed by atoms with van der Waals surface area (Å²) < 4.78 is 0. The van der Waals surface area contributed by atoms with Crippen LogP contribution in [0.1, 0.15) is 40.2 Å². The van der Waals surface area contributed by atoms with Gasteiger partial charge in [-0.1, -0.05) is 42.5 Å². The van der Waals surface area contributed by atoms with Gasteiger partial charge in [0.1, 0.15) is 0 Å². The molecule has 1 unspecified atom stereocenters. The Kier molecular flexibility index (Phi) is 6.65. The van der Waals surface area contributed by atoms with Gasteiger partial charge in [-0.15, -0.1) is 0 Å². The van der Waals surface area contributed by atoms with Gasteiger partial charge in [0.2, 0.25) is 0 Å². The number of nitro benzene ring substituents is 2. The number of nitrogens with zero attached hydrogens (tertiary/aromatic N) is 3. The molecule has 0 aliphatic carbocycles. The summed E-state index contributed by atoms with van der Waals surface area (Å²) in [6, 6.07) is 18.5. The number of benzene rings is 3. The van der Waals surface area contributed by atoms with Gasteiger partial charge >= 0.3 is 5.97 Å². The van der Waals surface area contributed by atoms with Crippen LogP contribution in [0.25, 0.3) is 0 Å². The first kappa shape index (κ1) is 23.1. The summed E-state index contributed by atoms with van der Waals surface area (Å²) in [6.45, 7) is 2.10. The minimum atomic E-state index is -0.934. The number of nitro groups is 2. The number of aliphatic carboxylic acids is 1. The third-order valence-corrected chi connectivity index (χ3v) is 6.20. The zero-order valence-electron chi connectivity index (χ0n) is 18.3. The van der Waals surface area contributed by atoms with E-state index < -0.39 is 21.7 Å². The Balaban J connectivity index is 1.58. The van der Waals surface area contributed by atoms with E-state index in [4.69, 9.17) is 0 Å². The molecule has 0 spiro atoms. The molecule has 1 atom stereocenters. The molecule has 1 aliphatic rings. The van der Waals surface area contributed by atoms with E-state index >= 15 is 0 Å². The van der Waals surface area contributed by atoms with Crippen molar-refractivity contribution in [3.63, 3.8) is 0 Å². The molecule has 1 N–H and O–H groups in total. The fourth-order valence-electron chi connectivity index (χ4n) is 4.55. The third-order valence-electron chi connectivity index (χ3n) is 6.20. The summed E-state index contributed by atoms with van der Waals surface area (Å²) in [7, 11) is 0. The molecule has 9 heteroatoms. The Morgan fingerprint density at radius 1 is 0.941 bits per heavy atom. The van der Waals surface area contributed by atoms with Crippen molar-refractivity contribution in [1.82, 2.24) is 4.90 Å². The van der Waals surface area contributed by atoms with E-state index in [-0.39, 0.29) is 17.8 Å². The first-order chi connectivity index (χ1) is 16.3. The average molecular weight is 461 g/mol. The number of rotatable bonds is 8. The lowest BCUT2D eigenvalue weighted by Gasteiger charge is -2.32. The standard InChI is InChI=1S/C25H23N3O6/c29-25(30)14-24(18-6-10-21(11-7-18)28(33)34)23-3-1-2-19-16-26(13-12-22(19)23)15-17-4-8-20(9-5-17)27(31)32/h1-11,24H,12-16H2,(H,29,30). The van der Waals surface area contributed by atoms with Gasteiger partial charge in [-0.05, 0) is 34.2 Å². The van der Waals surface area contributed by atoms with E-state index in [1.165, 1.54) is 24.3 Å². The van der Waals surface area contributed by atoms with Crippen LogP contribution in [0.4, 0.5) is 11.4 Å². The highest BCUT2D eigenvalue weighted by Gasteiger charge is 2.26. The molecule has 0 radical (unpaired) electrons. The minimum Gasteiger partial charge on any atom is -0.481 e. The number of non-ortho nitro benzene ring substituents is 2. The second kappa shape index (κ2) is 9.80. The molecule has 1 heterocycles. The van der Waals surface area contributed by atoms with Gasteiger partial charge in [-0.25, -0.2) is 0 Å². The van der Waals surface area contributed by atoms with E-state index in [0.29, 0.717) is 13.1 Å². The molecular formula is C25H23N3O6. The second-order valence-electron chi connectivity index (χ2n) is 8.37. The third kappa shape index (κ3) is 5.10. The molecule has 3 aromatic carbocycles. The highest BCUT2D eigenvalue weighted by atomic mass is 16.6. The molecule has 0 fully saturated rings. The Hall–Kier alpha value is -4.11. The maximum absolute atomic E-state index is 11.7. The number of carboxylic acid groups (broad SMARTS) is 1. The van der Waals surface area contributed by atoms with Crippen LogP contribution in [0.2, 0.25) is 0 Å². The smallest absolute Gasteiger partial charge is 0.304 e. The first-order valence-corrected chi connectivity index (χ1v) is 10.8. The Labute approximate surface area is 195 Å². The molecule has 1 aliphatic heterocycles. The summed E-state index contributed by atoms with van der Waals surface area (Å²) >= 11 is 0. The Morgan fingerprint density at radius 2 is 1.56 bits per heavy atom. The lowest BCUT2D eigenvalue weighted by Crippen LogP contribution is -2.31. The monoisotopic (exact) mass is 461 g/mol. The maximum Gasteiger partial charge on any atom is 0.304 e. The fourth-order valence-corrected chi connectivity index (χ4v) is 4.55. The molecule has 3 aromatic rings. The molecule has 0 saturated carbocycles. The van der Waals surface area contributed by atoms with E-state index in [9.17, 15) is 30.1 Å². The lowest BCUT2D eigenvalue weighted by atomic mass is 9.82. The highest BCUT2D eigenvalue weighted by Crippen LogP contribution is 2.35. The van der Waals surface area contributed by atoms with Gasteiger partial charge in [0, 0.05) is 49.8 Å². The fraction of sp³-hybridized carbons (Fsp3) is 0.240. The van der Waals surface area contributed by atoms with Gasteiger partial charge in [-0.2, -0.15) is 0 Å². The van der Waals surface area contributed by atoms with E-state index in [2.05, 4.69) is 4.90 Å². The first-order valence-electron chi connectivity index (χ1n) is 10.8. The van der Waals surface area contributed by atoms with Crippen LogP contribution in [-0.4, -0.2) is 32.4 Å². The van der Waals surface area contributed by atoms with Crippen LogP contribution in [-0.2, 0) is 24.3 Å². The minimum absolute atomic E-state index is 0.0326. The molecule has 4 rings (SSSR count). The Morgan fingerprint density at radius 3 is 2.15 bits per heavy atom. The van der Waals surface area contributed by atoms with Crippen molar-refractivity contribution in [2.45, 2.75) is 31.8 Å². The van der Waals surface area contributed by atoms with Gasteiger partial charge in [-0.3, -0.25) is 29.9 Å². The summed E-state index contributed by atoms with van der Waals surface area (Å²) in [5.74, 6) is -1.34. The number of hydrogen-bond donors (Lipinski definition) is 1. The molecule has 0 saturated heterocycles. The quantitative estimate of drug-likeness (QED) is 0.381. The van der Waals surface area contributed by atoms with E-state index in [1.54, 1.807) is 24.3 Å². The zero-order chi connectivity index (χ0) is 24.2. The van der Waals surface area contributed by atoms with Crippen molar-refractivity contribution in [3.8, 4) is 0 Å². The van der Waals surface area contributed by atoms with Crippen LogP contribution >= 0.6 is 0 Å². The predicted octanol–water partition coefficient (Wildman–Crippen LogP) is 4.67.